The van der Waals surface area contributed by atoms with E-state index in [1.165, 1.54) is 12.1 Å². The standard InChI is InChI=1S/C22H22F3N3O2S/c1-15-3-2-4-18(13-15)28-19(29)14-31-21(28)9-11-27(12-10-21)20(30)26-17-7-5-16(6-8-17)22(23,24)25/h2-8,13H,9-12,14H2,1H3,(H,26,30). The number of aryl methyl sites for hydroxylation is 1. The van der Waals surface area contributed by atoms with Crippen molar-refractivity contribution < 1.29 is 22.8 Å². The van der Waals surface area contributed by atoms with Crippen molar-refractivity contribution in [1.82, 2.24) is 4.90 Å². The molecule has 2 aliphatic rings. The molecule has 5 nitrogen and oxygen atoms in total. The van der Waals surface area contributed by atoms with Crippen LogP contribution >= 0.6 is 11.8 Å². The van der Waals surface area contributed by atoms with Gasteiger partial charge in [-0.1, -0.05) is 12.1 Å². The lowest BCUT2D eigenvalue weighted by Gasteiger charge is -2.44. The number of halogens is 3. The smallest absolute Gasteiger partial charge is 0.324 e. The minimum absolute atomic E-state index is 0.0678. The van der Waals surface area contributed by atoms with Crippen LogP contribution in [0, 0.1) is 6.92 Å². The van der Waals surface area contributed by atoms with Crippen LogP contribution in [0.1, 0.15) is 24.0 Å². The van der Waals surface area contributed by atoms with Gasteiger partial charge in [0, 0.05) is 24.5 Å². The Morgan fingerprint density at radius 1 is 1.10 bits per heavy atom. The lowest BCUT2D eigenvalue weighted by Crippen LogP contribution is -2.53. The van der Waals surface area contributed by atoms with Gasteiger partial charge in [0.1, 0.15) is 0 Å². The molecule has 2 aromatic carbocycles. The fraction of sp³-hybridized carbons (Fsp3) is 0.364. The SMILES string of the molecule is Cc1cccc(N2C(=O)CSC23CCN(C(=O)Nc2ccc(C(F)(F)F)cc2)CC3)c1. The molecule has 0 saturated carbocycles. The summed E-state index contributed by atoms with van der Waals surface area (Å²) in [7, 11) is 0. The number of anilines is 2. The number of likely N-dealkylation sites (tertiary alicyclic amines) is 1. The number of carbonyl (C=O) groups is 2. The van der Waals surface area contributed by atoms with Gasteiger partial charge in [0.15, 0.2) is 0 Å². The number of benzene rings is 2. The molecule has 0 unspecified atom stereocenters. The van der Waals surface area contributed by atoms with Crippen molar-refractivity contribution in [2.45, 2.75) is 30.8 Å². The Kier molecular flexibility index (Phi) is 5.63. The Morgan fingerprint density at radius 2 is 1.77 bits per heavy atom. The predicted molar refractivity (Wildman–Crippen MR) is 115 cm³/mol. The molecule has 1 N–H and O–H groups in total. The number of nitrogens with zero attached hydrogens (tertiary/aromatic N) is 2. The number of thioether (sulfide) groups is 1. The highest BCUT2D eigenvalue weighted by Crippen LogP contribution is 2.47. The fourth-order valence-electron chi connectivity index (χ4n) is 4.07. The van der Waals surface area contributed by atoms with Crippen molar-refractivity contribution >= 4 is 35.1 Å². The third-order valence-corrected chi connectivity index (χ3v) is 7.20. The number of nitrogens with one attached hydrogen (secondary N) is 1. The van der Waals surface area contributed by atoms with Crippen molar-refractivity contribution in [1.29, 1.82) is 0 Å². The number of carbonyl (C=O) groups excluding carboxylic acids is 2. The van der Waals surface area contributed by atoms with E-state index in [0.717, 1.165) is 23.4 Å². The Bertz CT molecular complexity index is 986. The summed E-state index contributed by atoms with van der Waals surface area (Å²) in [6.45, 7) is 2.89. The summed E-state index contributed by atoms with van der Waals surface area (Å²) < 4.78 is 38.1. The third kappa shape index (κ3) is 4.37. The first-order chi connectivity index (χ1) is 14.7. The number of alkyl halides is 3. The zero-order valence-electron chi connectivity index (χ0n) is 16.9. The average molecular weight is 449 g/mol. The summed E-state index contributed by atoms with van der Waals surface area (Å²) in [5.74, 6) is 0.476. The molecule has 4 rings (SSSR count). The van der Waals surface area contributed by atoms with Gasteiger partial charge in [-0.2, -0.15) is 13.2 Å². The fourth-order valence-corrected chi connectivity index (χ4v) is 5.40. The molecule has 9 heteroatoms. The van der Waals surface area contributed by atoms with Crippen LogP contribution in [0.4, 0.5) is 29.3 Å². The van der Waals surface area contributed by atoms with Crippen LogP contribution in [-0.2, 0) is 11.0 Å². The largest absolute Gasteiger partial charge is 0.416 e. The highest BCUT2D eigenvalue weighted by atomic mass is 32.2. The molecule has 164 valence electrons. The van der Waals surface area contributed by atoms with Crippen LogP contribution in [0.5, 0.6) is 0 Å². The lowest BCUT2D eigenvalue weighted by atomic mass is 10.0. The van der Waals surface area contributed by atoms with E-state index in [4.69, 9.17) is 0 Å². The van der Waals surface area contributed by atoms with Gasteiger partial charge in [-0.05, 0) is 61.7 Å². The van der Waals surface area contributed by atoms with Gasteiger partial charge in [-0.15, -0.1) is 11.8 Å². The van der Waals surface area contributed by atoms with Crippen LogP contribution < -0.4 is 10.2 Å². The minimum Gasteiger partial charge on any atom is -0.324 e. The second-order valence-corrected chi connectivity index (χ2v) is 9.13. The van der Waals surface area contributed by atoms with Crippen LogP contribution in [0.2, 0.25) is 0 Å². The van der Waals surface area contributed by atoms with Gasteiger partial charge < -0.3 is 10.2 Å². The molecule has 1 spiro atoms. The van der Waals surface area contributed by atoms with Gasteiger partial charge >= 0.3 is 12.2 Å². The molecule has 2 aliphatic heterocycles. The maximum atomic E-state index is 12.7. The second-order valence-electron chi connectivity index (χ2n) is 7.80. The van der Waals surface area contributed by atoms with E-state index in [9.17, 15) is 22.8 Å². The van der Waals surface area contributed by atoms with Gasteiger partial charge in [-0.3, -0.25) is 9.69 Å². The van der Waals surface area contributed by atoms with Gasteiger partial charge in [-0.25, -0.2) is 4.79 Å². The normalized spacial score (nSPS) is 18.5. The zero-order chi connectivity index (χ0) is 22.2. The number of urea groups is 1. The van der Waals surface area contributed by atoms with Crippen molar-refractivity contribution in [3.63, 3.8) is 0 Å². The lowest BCUT2D eigenvalue weighted by molar-refractivity contribution is -0.137. The molecular weight excluding hydrogens is 427 g/mol. The first-order valence-electron chi connectivity index (χ1n) is 9.95. The van der Waals surface area contributed by atoms with E-state index >= 15 is 0 Å². The van der Waals surface area contributed by atoms with E-state index in [-0.39, 0.29) is 16.8 Å². The zero-order valence-corrected chi connectivity index (χ0v) is 17.7. The predicted octanol–water partition coefficient (Wildman–Crippen LogP) is 5.12. The maximum absolute atomic E-state index is 12.7. The third-order valence-electron chi connectivity index (χ3n) is 5.68. The summed E-state index contributed by atoms with van der Waals surface area (Å²) in [5, 5.41) is 2.66. The maximum Gasteiger partial charge on any atom is 0.416 e. The molecule has 0 aliphatic carbocycles. The number of hydrogen-bond donors (Lipinski definition) is 1. The monoisotopic (exact) mass is 449 g/mol. The Morgan fingerprint density at radius 3 is 2.39 bits per heavy atom. The molecule has 2 aromatic rings. The molecule has 31 heavy (non-hydrogen) atoms. The number of rotatable bonds is 2. The molecule has 0 bridgehead atoms. The molecule has 0 aromatic heterocycles. The van der Waals surface area contributed by atoms with E-state index in [1.807, 2.05) is 36.1 Å². The van der Waals surface area contributed by atoms with E-state index in [1.54, 1.807) is 16.7 Å². The number of piperidine rings is 1. The van der Waals surface area contributed by atoms with Crippen LogP contribution in [0.15, 0.2) is 48.5 Å². The first kappa shape index (κ1) is 21.5. The van der Waals surface area contributed by atoms with E-state index in [2.05, 4.69) is 5.32 Å². The van der Waals surface area contributed by atoms with Gasteiger partial charge in [0.2, 0.25) is 5.91 Å². The minimum atomic E-state index is -4.41. The quantitative estimate of drug-likeness (QED) is 0.693. The van der Waals surface area contributed by atoms with Crippen LogP contribution in [-0.4, -0.2) is 40.6 Å². The molecule has 2 heterocycles. The Balaban J connectivity index is 1.42. The van der Waals surface area contributed by atoms with E-state index in [0.29, 0.717) is 37.4 Å². The van der Waals surface area contributed by atoms with Crippen LogP contribution in [0.25, 0.3) is 0 Å². The Hall–Kier alpha value is -2.68. The van der Waals surface area contributed by atoms with E-state index < -0.39 is 11.7 Å². The average Bonchev–Trinajstić information content (AvgIpc) is 3.04. The van der Waals surface area contributed by atoms with Gasteiger partial charge in [0.05, 0.1) is 16.2 Å². The van der Waals surface area contributed by atoms with Crippen LogP contribution in [0.3, 0.4) is 0 Å². The molecule has 0 atom stereocenters. The topological polar surface area (TPSA) is 52.7 Å². The van der Waals surface area contributed by atoms with Crippen molar-refractivity contribution in [2.24, 2.45) is 0 Å². The summed E-state index contributed by atoms with van der Waals surface area (Å²) in [6, 6.07) is 11.9. The van der Waals surface area contributed by atoms with Gasteiger partial charge in [0.25, 0.3) is 0 Å². The molecular formula is C22H22F3N3O2S. The second kappa shape index (κ2) is 8.11. The molecule has 3 amide bonds. The summed E-state index contributed by atoms with van der Waals surface area (Å²) in [5.41, 5.74) is 1.50. The highest BCUT2D eigenvalue weighted by molar-refractivity contribution is 8.02. The summed E-state index contributed by atoms with van der Waals surface area (Å²) in [4.78, 5) is 28.4. The number of amides is 3. The van der Waals surface area contributed by atoms with Crippen molar-refractivity contribution in [2.75, 3.05) is 29.1 Å². The molecule has 2 saturated heterocycles. The van der Waals surface area contributed by atoms with Crippen molar-refractivity contribution in [3.8, 4) is 0 Å². The molecule has 2 fully saturated rings. The Labute approximate surface area is 182 Å². The number of hydrogen-bond acceptors (Lipinski definition) is 3. The highest BCUT2D eigenvalue weighted by Gasteiger charge is 2.49. The first-order valence-corrected chi connectivity index (χ1v) is 10.9. The molecule has 0 radical (unpaired) electrons. The summed E-state index contributed by atoms with van der Waals surface area (Å²) in [6.07, 6.45) is -3.17. The van der Waals surface area contributed by atoms with Crippen molar-refractivity contribution in [3.05, 3.63) is 59.7 Å². The summed E-state index contributed by atoms with van der Waals surface area (Å²) >= 11 is 1.62.